The van der Waals surface area contributed by atoms with Crippen LogP contribution in [-0.2, 0) is 4.57 Å². The molecule has 2 rings (SSSR count). The van der Waals surface area contributed by atoms with Crippen LogP contribution in [0, 0.1) is 0 Å². The van der Waals surface area contributed by atoms with Crippen LogP contribution >= 0.6 is 8.03 Å². The third-order valence-corrected chi connectivity index (χ3v) is 2.60. The highest BCUT2D eigenvalue weighted by Gasteiger charge is 2.11. The Hall–Kier alpha value is -1.31. The van der Waals surface area contributed by atoms with Crippen LogP contribution in [0.1, 0.15) is 0 Å². The number of rotatable bonds is 1. The predicted octanol–water partition coefficient (Wildman–Crippen LogP) is 0.963. The Morgan fingerprint density at radius 2 is 2.08 bits per heavy atom. The van der Waals surface area contributed by atoms with Crippen LogP contribution in [0.3, 0.4) is 0 Å². The van der Waals surface area contributed by atoms with Crippen LogP contribution in [0.5, 0.6) is 0 Å². The summed E-state index contributed by atoms with van der Waals surface area (Å²) in [5, 5.41) is 1.02. The Kier molecular flexibility index (Phi) is 2.05. The summed E-state index contributed by atoms with van der Waals surface area (Å²) in [6, 6.07) is 8.54. The molecular formula is C9H6NO2P. The first-order chi connectivity index (χ1) is 6.29. The van der Waals surface area contributed by atoms with E-state index in [1.54, 1.807) is 36.5 Å². The Morgan fingerprint density at radius 1 is 1.23 bits per heavy atom. The number of pyridine rings is 1. The number of nitrogens with zero attached hydrogens (tertiary/aromatic N) is 1. The zero-order chi connectivity index (χ0) is 9.26. The fraction of sp³-hybridized carbons (Fsp3) is 0. The molecule has 0 fully saturated rings. The minimum Gasteiger partial charge on any atom is -0.591 e. The molecule has 0 spiro atoms. The van der Waals surface area contributed by atoms with Gasteiger partial charge in [-0.3, -0.25) is 4.98 Å². The maximum absolute atomic E-state index is 10.8. The van der Waals surface area contributed by atoms with Crippen LogP contribution in [0.25, 0.3) is 10.9 Å². The summed E-state index contributed by atoms with van der Waals surface area (Å²) < 4.78 is 10.8. The molecular weight excluding hydrogens is 185 g/mol. The van der Waals surface area contributed by atoms with E-state index in [4.69, 9.17) is 0 Å². The van der Waals surface area contributed by atoms with E-state index in [1.807, 2.05) is 0 Å². The minimum atomic E-state index is -2.54. The molecule has 1 aromatic heterocycles. The van der Waals surface area contributed by atoms with Gasteiger partial charge in [0.2, 0.25) is 0 Å². The average Bonchev–Trinajstić information content (AvgIpc) is 2.17. The van der Waals surface area contributed by atoms with E-state index in [0.29, 0.717) is 16.2 Å². The van der Waals surface area contributed by atoms with Gasteiger partial charge in [0.05, 0.1) is 10.9 Å². The average molecular weight is 191 g/mol. The molecule has 64 valence electrons. The van der Waals surface area contributed by atoms with Gasteiger partial charge in [-0.1, -0.05) is 10.6 Å². The number of hydrogen-bond acceptors (Lipinski definition) is 3. The molecule has 13 heavy (non-hydrogen) atoms. The van der Waals surface area contributed by atoms with E-state index in [1.165, 1.54) is 0 Å². The van der Waals surface area contributed by atoms with Crippen LogP contribution in [-0.4, -0.2) is 4.98 Å². The van der Waals surface area contributed by atoms with Crippen molar-refractivity contribution in [3.63, 3.8) is 0 Å². The zero-order valence-corrected chi connectivity index (χ0v) is 7.57. The topological polar surface area (TPSA) is 53.0 Å². The first-order valence-electron chi connectivity index (χ1n) is 3.77. The largest absolute Gasteiger partial charge is 0.591 e. The highest BCUT2D eigenvalue weighted by molar-refractivity contribution is 7.46. The summed E-state index contributed by atoms with van der Waals surface area (Å²) >= 11 is 0. The number of fused-ring (bicyclic) bond motifs is 1. The van der Waals surface area contributed by atoms with E-state index < -0.39 is 8.03 Å². The van der Waals surface area contributed by atoms with E-state index in [-0.39, 0.29) is 0 Å². The van der Waals surface area contributed by atoms with Gasteiger partial charge >= 0.3 is 8.03 Å². The van der Waals surface area contributed by atoms with E-state index in [0.717, 1.165) is 0 Å². The lowest BCUT2D eigenvalue weighted by atomic mass is 10.2. The first kappa shape index (κ1) is 8.30. The van der Waals surface area contributed by atoms with Crippen molar-refractivity contribution < 1.29 is 9.46 Å². The fourth-order valence-electron chi connectivity index (χ4n) is 1.25. The van der Waals surface area contributed by atoms with Crippen molar-refractivity contribution in [2.75, 3.05) is 0 Å². The molecule has 2 aromatic rings. The summed E-state index contributed by atoms with van der Waals surface area (Å²) in [7, 11) is -2.54. The molecule has 0 bridgehead atoms. The molecule has 1 unspecified atom stereocenters. The van der Waals surface area contributed by atoms with Gasteiger partial charge in [-0.2, -0.15) is 0 Å². The van der Waals surface area contributed by atoms with Crippen molar-refractivity contribution in [2.45, 2.75) is 0 Å². The van der Waals surface area contributed by atoms with Gasteiger partial charge in [0.25, 0.3) is 0 Å². The molecule has 1 atom stereocenters. The van der Waals surface area contributed by atoms with Crippen molar-refractivity contribution in [2.24, 2.45) is 0 Å². The molecule has 0 saturated carbocycles. The van der Waals surface area contributed by atoms with E-state index in [9.17, 15) is 9.46 Å². The quantitative estimate of drug-likeness (QED) is 0.631. The highest BCUT2D eigenvalue weighted by atomic mass is 31.1. The molecule has 4 heteroatoms. The van der Waals surface area contributed by atoms with E-state index >= 15 is 0 Å². The Labute approximate surface area is 75.9 Å². The summed E-state index contributed by atoms with van der Waals surface area (Å²) in [5.74, 6) is 0. The normalized spacial score (nSPS) is 11.6. The van der Waals surface area contributed by atoms with Crippen molar-refractivity contribution >= 4 is 24.2 Å². The third-order valence-electron chi connectivity index (χ3n) is 1.82. The number of aromatic nitrogens is 1. The van der Waals surface area contributed by atoms with Crippen molar-refractivity contribution in [3.8, 4) is 0 Å². The van der Waals surface area contributed by atoms with Crippen molar-refractivity contribution in [3.05, 3.63) is 36.5 Å². The van der Waals surface area contributed by atoms with Crippen LogP contribution in [0.15, 0.2) is 36.5 Å². The van der Waals surface area contributed by atoms with Crippen molar-refractivity contribution in [1.29, 1.82) is 0 Å². The van der Waals surface area contributed by atoms with Gasteiger partial charge in [-0.05, 0) is 24.3 Å². The van der Waals surface area contributed by atoms with Crippen molar-refractivity contribution in [1.82, 2.24) is 4.98 Å². The molecule has 0 amide bonds. The zero-order valence-electron chi connectivity index (χ0n) is 6.68. The maximum Gasteiger partial charge on any atom is 0.349 e. The first-order valence-corrected chi connectivity index (χ1v) is 4.95. The predicted molar refractivity (Wildman–Crippen MR) is 49.0 cm³/mol. The molecule has 3 nitrogen and oxygen atoms in total. The number of benzene rings is 1. The maximum atomic E-state index is 10.8. The monoisotopic (exact) mass is 191 g/mol. The fourth-order valence-corrected chi connectivity index (χ4v) is 1.84. The molecule has 0 aliphatic heterocycles. The summed E-state index contributed by atoms with van der Waals surface area (Å²) in [4.78, 5) is 14.9. The molecule has 1 heterocycles. The van der Waals surface area contributed by atoms with Crippen LogP contribution in [0.4, 0.5) is 0 Å². The standard InChI is InChI=1S/C9H6NO2P/c11-13(12)9-5-1-4-8-7(9)3-2-6-10-8/h1-6H. The van der Waals surface area contributed by atoms with Gasteiger partial charge in [-0.25, -0.2) is 0 Å². The van der Waals surface area contributed by atoms with Gasteiger partial charge in [0.1, 0.15) is 0 Å². The molecule has 0 aliphatic rings. The molecule has 0 radical (unpaired) electrons. The molecule has 0 N–H and O–H groups in total. The lowest BCUT2D eigenvalue weighted by Crippen LogP contribution is -2.05. The van der Waals surface area contributed by atoms with Gasteiger partial charge in [0.15, 0.2) is 5.30 Å². The lowest BCUT2D eigenvalue weighted by molar-refractivity contribution is -0.160. The second kappa shape index (κ2) is 3.21. The summed E-state index contributed by atoms with van der Waals surface area (Å²) in [6.07, 6.45) is 1.64. The molecule has 1 aromatic carbocycles. The van der Waals surface area contributed by atoms with Gasteiger partial charge in [0, 0.05) is 6.20 Å². The van der Waals surface area contributed by atoms with Crippen LogP contribution < -0.4 is 10.2 Å². The van der Waals surface area contributed by atoms with Crippen LogP contribution in [0.2, 0.25) is 0 Å². The Balaban J connectivity index is 2.83. The van der Waals surface area contributed by atoms with E-state index in [2.05, 4.69) is 4.98 Å². The second-order valence-corrected chi connectivity index (χ2v) is 3.60. The summed E-state index contributed by atoms with van der Waals surface area (Å²) in [6.45, 7) is 0. The second-order valence-electron chi connectivity index (χ2n) is 2.60. The molecule has 0 saturated heterocycles. The summed E-state index contributed by atoms with van der Waals surface area (Å²) in [5.41, 5.74) is 0.708. The Morgan fingerprint density at radius 3 is 2.85 bits per heavy atom. The van der Waals surface area contributed by atoms with Gasteiger partial charge in [-0.15, -0.1) is 0 Å². The Bertz CT molecular complexity index is 465. The number of hydrogen-bond donors (Lipinski definition) is 0. The lowest BCUT2D eigenvalue weighted by Gasteiger charge is -1.96. The SMILES string of the molecule is O=[P+]([O-])c1cccc2ncccc12. The molecule has 0 aliphatic carbocycles. The van der Waals surface area contributed by atoms with Gasteiger partial charge < -0.3 is 4.89 Å². The smallest absolute Gasteiger partial charge is 0.349 e. The third kappa shape index (κ3) is 1.44. The minimum absolute atomic E-state index is 0.334. The highest BCUT2D eigenvalue weighted by Crippen LogP contribution is 2.16.